The normalized spacial score (nSPS) is 13.5. The van der Waals surface area contributed by atoms with Crippen molar-refractivity contribution in [2.45, 2.75) is 53.9 Å². The second-order valence-electron chi connectivity index (χ2n) is 16.8. The van der Waals surface area contributed by atoms with Gasteiger partial charge in [0.2, 0.25) is 13.4 Å². The van der Waals surface area contributed by atoms with Gasteiger partial charge in [0.15, 0.2) is 22.7 Å². The molecule has 0 aliphatic carbocycles. The molecule has 10 rings (SSSR count). The second kappa shape index (κ2) is 11.8. The van der Waals surface area contributed by atoms with Crippen LogP contribution in [0.2, 0.25) is 0 Å². The molecule has 4 aromatic heterocycles. The molecular weight excluding hydrogens is 696 g/mol. The molecule has 6 heterocycles. The van der Waals surface area contributed by atoms with Crippen molar-refractivity contribution < 1.29 is 0 Å². The molecule has 0 fully saturated rings. The molecule has 0 unspecified atom stereocenters. The fourth-order valence-electron chi connectivity index (χ4n) is 10.1. The lowest BCUT2D eigenvalue weighted by Gasteiger charge is -2.37. The van der Waals surface area contributed by atoms with Crippen LogP contribution in [0, 0.1) is 36.5 Å². The van der Waals surface area contributed by atoms with Crippen LogP contribution < -0.4 is 27.3 Å². The number of allylic oxidation sites excluding steroid dienone is 4. The summed E-state index contributed by atoms with van der Waals surface area (Å²) in [6.45, 7) is 24.1. The number of benzene rings is 4. The molecule has 0 radical (unpaired) electrons. The zero-order valence-corrected chi connectivity index (χ0v) is 33.3. The molecule has 0 saturated heterocycles. The Kier molecular flexibility index (Phi) is 7.20. The third-order valence-corrected chi connectivity index (χ3v) is 12.5. The number of aryl methyl sites for hydroxylation is 2. The van der Waals surface area contributed by atoms with Crippen LogP contribution in [-0.2, 0) is 5.41 Å². The van der Waals surface area contributed by atoms with Gasteiger partial charge in [-0.05, 0) is 83.4 Å². The molecule has 8 aromatic rings. The van der Waals surface area contributed by atoms with Gasteiger partial charge in [-0.2, -0.15) is 10.5 Å². The van der Waals surface area contributed by atoms with Gasteiger partial charge in [0.1, 0.15) is 23.4 Å². The number of rotatable bonds is 4. The average Bonchev–Trinajstić information content (AvgIpc) is 3.67. The van der Waals surface area contributed by atoms with Crippen LogP contribution in [0.4, 0.5) is 0 Å². The number of nitrogens with zero attached hydrogens (tertiary/aromatic N) is 7. The summed E-state index contributed by atoms with van der Waals surface area (Å²) in [5.74, 6) is 0. The van der Waals surface area contributed by atoms with E-state index in [9.17, 15) is 10.5 Å². The molecule has 0 amide bonds. The maximum absolute atomic E-state index is 10.4. The summed E-state index contributed by atoms with van der Waals surface area (Å²) >= 11 is 0. The van der Waals surface area contributed by atoms with E-state index in [0.29, 0.717) is 11.3 Å². The number of fused-ring (bicyclic) bond motifs is 9. The van der Waals surface area contributed by atoms with Crippen LogP contribution in [0.1, 0.15) is 62.7 Å². The van der Waals surface area contributed by atoms with Crippen LogP contribution in [0.15, 0.2) is 115 Å². The SMILES string of the molecule is C=C/C(C)=C(/B1c2cc(C(C)(C)C)cc3c2-n2c4c1c1ccccc1n4c1nc(C#N)c(C#N)nc1n1c4ccccc4c(c21)B3c1c(C)cccc1C)C(=C)C. The van der Waals surface area contributed by atoms with Crippen LogP contribution in [-0.4, -0.2) is 36.8 Å². The van der Waals surface area contributed by atoms with Crippen molar-refractivity contribution in [1.29, 1.82) is 10.5 Å². The Hall–Kier alpha value is -6.83. The monoisotopic (exact) mass is 735 g/mol. The van der Waals surface area contributed by atoms with Gasteiger partial charge < -0.3 is 0 Å². The third-order valence-electron chi connectivity index (χ3n) is 12.5. The fourth-order valence-corrected chi connectivity index (χ4v) is 10.1. The molecule has 272 valence electrons. The molecule has 0 N–H and O–H groups in total. The smallest absolute Gasteiger partial charge is 0.250 e. The summed E-state index contributed by atoms with van der Waals surface area (Å²) in [6, 6.07) is 32.9. The molecular formula is C48H39B2N7. The van der Waals surface area contributed by atoms with Gasteiger partial charge in [0.05, 0.1) is 11.0 Å². The first kappa shape index (κ1) is 34.6. The maximum Gasteiger partial charge on any atom is 0.250 e. The lowest BCUT2D eigenvalue weighted by atomic mass is 9.29. The molecule has 0 saturated carbocycles. The summed E-state index contributed by atoms with van der Waals surface area (Å²) in [6.07, 6.45) is 1.95. The number of aromatic nitrogens is 5. The number of para-hydroxylation sites is 2. The molecule has 4 aromatic carbocycles. The molecule has 2 aliphatic rings. The van der Waals surface area contributed by atoms with E-state index in [1.165, 1.54) is 38.5 Å². The van der Waals surface area contributed by atoms with Gasteiger partial charge in [-0.1, -0.05) is 140 Å². The number of nitriles is 2. The van der Waals surface area contributed by atoms with Crippen molar-refractivity contribution in [3.05, 3.63) is 143 Å². The second-order valence-corrected chi connectivity index (χ2v) is 16.8. The maximum atomic E-state index is 10.4. The van der Waals surface area contributed by atoms with E-state index in [-0.39, 0.29) is 30.2 Å². The van der Waals surface area contributed by atoms with E-state index in [4.69, 9.17) is 9.97 Å². The van der Waals surface area contributed by atoms with E-state index in [2.05, 4.69) is 160 Å². The predicted octanol–water partition coefficient (Wildman–Crippen LogP) is 6.82. The van der Waals surface area contributed by atoms with E-state index in [1.807, 2.05) is 12.1 Å². The van der Waals surface area contributed by atoms with E-state index in [1.54, 1.807) is 0 Å². The number of hydrogen-bond acceptors (Lipinski definition) is 4. The highest BCUT2D eigenvalue weighted by atomic mass is 15.2. The van der Waals surface area contributed by atoms with Crippen LogP contribution in [0.25, 0.3) is 50.1 Å². The Bertz CT molecular complexity index is 3330. The zero-order chi connectivity index (χ0) is 39.8. The molecule has 0 bridgehead atoms. The van der Waals surface area contributed by atoms with Crippen molar-refractivity contribution in [2.75, 3.05) is 0 Å². The third kappa shape index (κ3) is 4.43. The van der Waals surface area contributed by atoms with Gasteiger partial charge in [0.25, 0.3) is 0 Å². The molecule has 7 nitrogen and oxygen atoms in total. The summed E-state index contributed by atoms with van der Waals surface area (Å²) in [5.41, 5.74) is 18.6. The highest BCUT2D eigenvalue weighted by Crippen LogP contribution is 2.37. The largest absolute Gasteiger partial charge is 0.283 e. The highest BCUT2D eigenvalue weighted by Gasteiger charge is 2.46. The molecule has 2 aliphatic heterocycles. The Morgan fingerprint density at radius 2 is 1.26 bits per heavy atom. The van der Waals surface area contributed by atoms with Gasteiger partial charge >= 0.3 is 0 Å². The van der Waals surface area contributed by atoms with Crippen molar-refractivity contribution in [1.82, 2.24) is 23.3 Å². The van der Waals surface area contributed by atoms with Crippen molar-refractivity contribution in [2.24, 2.45) is 0 Å². The summed E-state index contributed by atoms with van der Waals surface area (Å²) in [7, 11) is 0. The first-order valence-corrected chi connectivity index (χ1v) is 19.4. The fraction of sp³-hybridized carbons (Fsp3) is 0.167. The van der Waals surface area contributed by atoms with E-state index >= 15 is 0 Å². The first-order valence-electron chi connectivity index (χ1n) is 19.4. The summed E-state index contributed by atoms with van der Waals surface area (Å²) in [4.78, 5) is 10.2. The van der Waals surface area contributed by atoms with Crippen molar-refractivity contribution in [3.63, 3.8) is 0 Å². The lowest BCUT2D eigenvalue weighted by molar-refractivity contribution is 0.591. The van der Waals surface area contributed by atoms with E-state index < -0.39 is 0 Å². The standard InChI is InChI=1S/C48H39B2N7/c1-10-27(4)39(26(2)3)49-33-22-30(48(7,8)9)23-34-43(33)57-46-41(49)31-18-11-13-20-37(31)55(46)44-45(54-36(25-52)35(24-51)53-44)56-38-21-14-12-19-32(38)42(47(56)57)50(34)40-28(5)16-15-17-29(40)6/h10-23H,1-2H2,3-9H3/b39-27+. The Morgan fingerprint density at radius 1 is 0.737 bits per heavy atom. The summed E-state index contributed by atoms with van der Waals surface area (Å²) in [5, 5.41) is 23.0. The highest BCUT2D eigenvalue weighted by molar-refractivity contribution is 7.02. The Balaban J connectivity index is 1.64. The predicted molar refractivity (Wildman–Crippen MR) is 236 cm³/mol. The van der Waals surface area contributed by atoms with Crippen LogP contribution in [0.3, 0.4) is 0 Å². The Morgan fingerprint density at radius 3 is 1.79 bits per heavy atom. The van der Waals surface area contributed by atoms with Gasteiger partial charge in [-0.15, -0.1) is 0 Å². The Labute approximate surface area is 332 Å². The average molecular weight is 736 g/mol. The van der Waals surface area contributed by atoms with Gasteiger partial charge in [0, 0.05) is 5.69 Å². The molecule has 57 heavy (non-hydrogen) atoms. The summed E-state index contributed by atoms with van der Waals surface area (Å²) < 4.78 is 6.86. The minimum absolute atomic E-state index is 0.00524. The van der Waals surface area contributed by atoms with Gasteiger partial charge in [-0.25, -0.2) is 9.97 Å². The molecule has 0 spiro atoms. The van der Waals surface area contributed by atoms with Crippen LogP contribution in [0.5, 0.6) is 0 Å². The van der Waals surface area contributed by atoms with Crippen molar-refractivity contribution >= 4 is 85.1 Å². The number of hydrogen-bond donors (Lipinski definition) is 0. The van der Waals surface area contributed by atoms with Crippen molar-refractivity contribution in [3.8, 4) is 17.8 Å². The minimum atomic E-state index is -0.227. The minimum Gasteiger partial charge on any atom is -0.283 e. The van der Waals surface area contributed by atoms with E-state index in [0.717, 1.165) is 60.9 Å². The van der Waals surface area contributed by atoms with Gasteiger partial charge in [-0.3, -0.25) is 13.4 Å². The molecule has 0 atom stereocenters. The first-order chi connectivity index (χ1) is 27.4. The van der Waals surface area contributed by atoms with Crippen LogP contribution >= 0.6 is 0 Å². The molecule has 9 heteroatoms. The zero-order valence-electron chi connectivity index (χ0n) is 33.3. The topological polar surface area (TPSA) is 87.1 Å². The quantitative estimate of drug-likeness (QED) is 0.147. The lowest BCUT2D eigenvalue weighted by Crippen LogP contribution is -2.62.